The first-order valence-corrected chi connectivity index (χ1v) is 6.80. The minimum atomic E-state index is -1.18. The Balaban J connectivity index is 2.69. The summed E-state index contributed by atoms with van der Waals surface area (Å²) in [4.78, 5) is 36.2. The predicted molar refractivity (Wildman–Crippen MR) is 71.2 cm³/mol. The highest BCUT2D eigenvalue weighted by Crippen LogP contribution is 2.32. The van der Waals surface area contributed by atoms with E-state index in [4.69, 9.17) is 4.74 Å². The van der Waals surface area contributed by atoms with Crippen LogP contribution in [0.25, 0.3) is 0 Å². The van der Waals surface area contributed by atoms with Crippen molar-refractivity contribution in [1.82, 2.24) is 10.2 Å². The summed E-state index contributed by atoms with van der Waals surface area (Å²) in [6.07, 6.45) is 1.60. The van der Waals surface area contributed by atoms with Gasteiger partial charge < -0.3 is 20.1 Å². The monoisotopic (exact) mass is 286 g/mol. The lowest BCUT2D eigenvalue weighted by molar-refractivity contribution is -0.148. The molecule has 20 heavy (non-hydrogen) atoms. The van der Waals surface area contributed by atoms with Crippen molar-refractivity contribution in [3.05, 3.63) is 0 Å². The minimum Gasteiger partial charge on any atom is -0.480 e. The molecule has 0 unspecified atom stereocenters. The number of ether oxygens (including phenoxy) is 1. The zero-order valence-electron chi connectivity index (χ0n) is 12.1. The molecule has 1 aliphatic carbocycles. The van der Waals surface area contributed by atoms with Gasteiger partial charge in [0.15, 0.2) is 0 Å². The number of nitrogens with one attached hydrogen (secondary N) is 1. The number of nitrogens with zero attached hydrogens (tertiary/aromatic N) is 1. The van der Waals surface area contributed by atoms with Crippen LogP contribution in [0.15, 0.2) is 0 Å². The van der Waals surface area contributed by atoms with Gasteiger partial charge in [-0.15, -0.1) is 0 Å². The maximum Gasteiger partial charge on any atom is 0.329 e. The summed E-state index contributed by atoms with van der Waals surface area (Å²) in [6.45, 7) is 5.25. The second-order valence-electron chi connectivity index (χ2n) is 5.20. The van der Waals surface area contributed by atoms with Crippen LogP contribution in [0.1, 0.15) is 40.0 Å². The van der Waals surface area contributed by atoms with Gasteiger partial charge in [-0.25, -0.2) is 9.59 Å². The Labute approximate surface area is 118 Å². The standard InChI is InChI=1S/C13H22N2O5/c1-4-20-10(16)8-15(9(2)3)12(19)14-13(11(17)18)6-5-7-13/h9H,4-8H2,1-3H3,(H,14,19)(H,17,18). The molecule has 7 heteroatoms. The number of carbonyl (C=O) groups excluding carboxylic acids is 2. The maximum absolute atomic E-state index is 12.2. The summed E-state index contributed by atoms with van der Waals surface area (Å²) in [5.41, 5.74) is -1.18. The predicted octanol–water partition coefficient (Wildman–Crippen LogP) is 0.977. The third kappa shape index (κ3) is 3.61. The van der Waals surface area contributed by atoms with Crippen molar-refractivity contribution in [2.24, 2.45) is 0 Å². The average molecular weight is 286 g/mol. The minimum absolute atomic E-state index is 0.187. The number of rotatable bonds is 6. The van der Waals surface area contributed by atoms with Crippen molar-refractivity contribution in [1.29, 1.82) is 0 Å². The van der Waals surface area contributed by atoms with E-state index < -0.39 is 23.5 Å². The molecule has 0 spiro atoms. The highest BCUT2D eigenvalue weighted by atomic mass is 16.5. The van der Waals surface area contributed by atoms with Gasteiger partial charge in [0.1, 0.15) is 12.1 Å². The molecule has 0 heterocycles. The number of hydrogen-bond acceptors (Lipinski definition) is 4. The van der Waals surface area contributed by atoms with Crippen molar-refractivity contribution < 1.29 is 24.2 Å². The van der Waals surface area contributed by atoms with Crippen LogP contribution in [-0.2, 0) is 14.3 Å². The van der Waals surface area contributed by atoms with Crippen LogP contribution in [0, 0.1) is 0 Å². The number of carbonyl (C=O) groups is 3. The molecule has 114 valence electrons. The lowest BCUT2D eigenvalue weighted by Crippen LogP contribution is -2.62. The molecule has 2 amide bonds. The molecular weight excluding hydrogens is 264 g/mol. The first-order valence-electron chi connectivity index (χ1n) is 6.80. The van der Waals surface area contributed by atoms with Crippen LogP contribution in [0.3, 0.4) is 0 Å². The Morgan fingerprint density at radius 2 is 1.95 bits per heavy atom. The fraction of sp³-hybridized carbons (Fsp3) is 0.769. The molecule has 1 aliphatic rings. The van der Waals surface area contributed by atoms with Crippen molar-refractivity contribution in [3.63, 3.8) is 0 Å². The van der Waals surface area contributed by atoms with Gasteiger partial charge in [-0.2, -0.15) is 0 Å². The van der Waals surface area contributed by atoms with Gasteiger partial charge in [0, 0.05) is 6.04 Å². The van der Waals surface area contributed by atoms with E-state index in [2.05, 4.69) is 5.32 Å². The van der Waals surface area contributed by atoms with Crippen LogP contribution in [0.5, 0.6) is 0 Å². The highest BCUT2D eigenvalue weighted by molar-refractivity contribution is 5.88. The number of carboxylic acid groups (broad SMARTS) is 1. The van der Waals surface area contributed by atoms with Gasteiger partial charge >= 0.3 is 18.0 Å². The molecule has 7 nitrogen and oxygen atoms in total. The van der Waals surface area contributed by atoms with Crippen molar-refractivity contribution in [3.8, 4) is 0 Å². The zero-order valence-corrected chi connectivity index (χ0v) is 12.1. The normalized spacial score (nSPS) is 16.2. The molecule has 0 saturated heterocycles. The molecule has 0 atom stereocenters. The second-order valence-corrected chi connectivity index (χ2v) is 5.20. The number of carboxylic acids is 1. The maximum atomic E-state index is 12.2. The Kier molecular flexibility index (Phi) is 5.35. The van der Waals surface area contributed by atoms with E-state index in [1.54, 1.807) is 20.8 Å². The summed E-state index contributed by atoms with van der Waals surface area (Å²) in [5, 5.41) is 11.7. The summed E-state index contributed by atoms with van der Waals surface area (Å²) >= 11 is 0. The van der Waals surface area contributed by atoms with Gasteiger partial charge in [-0.05, 0) is 40.0 Å². The van der Waals surface area contributed by atoms with E-state index in [0.29, 0.717) is 12.8 Å². The molecule has 0 aromatic carbocycles. The zero-order chi connectivity index (χ0) is 15.3. The number of hydrogen-bond donors (Lipinski definition) is 2. The lowest BCUT2D eigenvalue weighted by Gasteiger charge is -2.40. The summed E-state index contributed by atoms with van der Waals surface area (Å²) in [5.74, 6) is -1.54. The molecule has 0 aliphatic heterocycles. The number of urea groups is 1. The molecule has 2 N–H and O–H groups in total. The van der Waals surface area contributed by atoms with Crippen LogP contribution in [0.4, 0.5) is 4.79 Å². The Morgan fingerprint density at radius 3 is 2.30 bits per heavy atom. The molecule has 0 aromatic rings. The Bertz CT molecular complexity index is 390. The fourth-order valence-electron chi connectivity index (χ4n) is 2.03. The van der Waals surface area contributed by atoms with E-state index in [9.17, 15) is 19.5 Å². The fourth-order valence-corrected chi connectivity index (χ4v) is 2.03. The highest BCUT2D eigenvalue weighted by Gasteiger charge is 2.46. The van der Waals surface area contributed by atoms with Gasteiger partial charge in [0.05, 0.1) is 6.61 Å². The van der Waals surface area contributed by atoms with Crippen molar-refractivity contribution >= 4 is 18.0 Å². The molecule has 0 aromatic heterocycles. The SMILES string of the molecule is CCOC(=O)CN(C(=O)NC1(C(=O)O)CCC1)C(C)C. The quantitative estimate of drug-likeness (QED) is 0.709. The van der Waals surface area contributed by atoms with E-state index in [1.165, 1.54) is 4.90 Å². The van der Waals surface area contributed by atoms with E-state index in [-0.39, 0.29) is 19.2 Å². The largest absolute Gasteiger partial charge is 0.480 e. The topological polar surface area (TPSA) is 95.9 Å². The first kappa shape index (κ1) is 16.3. The van der Waals surface area contributed by atoms with Gasteiger partial charge in [-0.1, -0.05) is 0 Å². The second kappa shape index (κ2) is 6.58. The summed E-state index contributed by atoms with van der Waals surface area (Å²) < 4.78 is 4.81. The van der Waals surface area contributed by atoms with Crippen LogP contribution < -0.4 is 5.32 Å². The third-order valence-electron chi connectivity index (χ3n) is 3.45. The summed E-state index contributed by atoms with van der Waals surface area (Å²) in [7, 11) is 0. The van der Waals surface area contributed by atoms with Gasteiger partial charge in [0.2, 0.25) is 0 Å². The smallest absolute Gasteiger partial charge is 0.329 e. The Hall–Kier alpha value is -1.79. The number of esters is 1. The summed E-state index contributed by atoms with van der Waals surface area (Å²) in [6, 6.07) is -0.777. The van der Waals surface area contributed by atoms with E-state index in [0.717, 1.165) is 6.42 Å². The van der Waals surface area contributed by atoms with Crippen LogP contribution in [0.2, 0.25) is 0 Å². The van der Waals surface area contributed by atoms with Crippen molar-refractivity contribution in [2.45, 2.75) is 51.6 Å². The Morgan fingerprint density at radius 1 is 1.35 bits per heavy atom. The van der Waals surface area contributed by atoms with E-state index in [1.807, 2.05) is 0 Å². The molecule has 0 radical (unpaired) electrons. The van der Waals surface area contributed by atoms with Gasteiger partial charge in [0.25, 0.3) is 0 Å². The molecule has 1 rings (SSSR count). The van der Waals surface area contributed by atoms with E-state index >= 15 is 0 Å². The van der Waals surface area contributed by atoms with Gasteiger partial charge in [-0.3, -0.25) is 4.79 Å². The number of amides is 2. The molecule has 1 fully saturated rings. The molecule has 0 bridgehead atoms. The van der Waals surface area contributed by atoms with Crippen LogP contribution >= 0.6 is 0 Å². The number of aliphatic carboxylic acids is 1. The molecule has 1 saturated carbocycles. The third-order valence-corrected chi connectivity index (χ3v) is 3.45. The average Bonchev–Trinajstić information content (AvgIpc) is 2.30. The van der Waals surface area contributed by atoms with Crippen molar-refractivity contribution in [2.75, 3.05) is 13.2 Å². The first-order chi connectivity index (χ1) is 9.32. The molecular formula is C13H22N2O5. The van der Waals surface area contributed by atoms with Crippen LogP contribution in [-0.4, -0.2) is 52.7 Å². The lowest BCUT2D eigenvalue weighted by atomic mass is 9.77.